The summed E-state index contributed by atoms with van der Waals surface area (Å²) in [7, 11) is -1.42. The Morgan fingerprint density at radius 3 is 2.41 bits per heavy atom. The van der Waals surface area contributed by atoms with Gasteiger partial charge in [-0.1, -0.05) is 54.8 Å². The van der Waals surface area contributed by atoms with Gasteiger partial charge >= 0.3 is 0 Å². The van der Waals surface area contributed by atoms with Crippen molar-refractivity contribution in [3.8, 4) is 0 Å². The molecule has 0 N–H and O–H groups in total. The van der Waals surface area contributed by atoms with Crippen LogP contribution in [0.1, 0.15) is 29.5 Å². The van der Waals surface area contributed by atoms with Gasteiger partial charge in [0.2, 0.25) is 0 Å². The van der Waals surface area contributed by atoms with Crippen LogP contribution < -0.4 is 0 Å². The molecule has 6 heteroatoms. The normalized spacial score (nSPS) is 18.8. The van der Waals surface area contributed by atoms with Crippen LogP contribution in [0.2, 0.25) is 0 Å². The molecule has 2 heterocycles. The molecule has 0 atom stereocenters. The van der Waals surface area contributed by atoms with Crippen LogP contribution in [0.5, 0.6) is 0 Å². The fraction of sp³-hybridized carbons (Fsp3) is 0.346. The third kappa shape index (κ3) is 4.52. The Bertz CT molecular complexity index is 1120. The van der Waals surface area contributed by atoms with Gasteiger partial charge in [0.25, 0.3) is 5.69 Å². The molecule has 2 aliphatic heterocycles. The van der Waals surface area contributed by atoms with E-state index >= 15 is 0 Å². The predicted octanol–water partition coefficient (Wildman–Crippen LogP) is 5.39. The average molecular weight is 448 g/mol. The van der Waals surface area contributed by atoms with Crippen LogP contribution in [0, 0.1) is 10.1 Å². The molecule has 2 aromatic carbocycles. The molecule has 2 aromatic rings. The van der Waals surface area contributed by atoms with Crippen molar-refractivity contribution in [2.75, 3.05) is 32.3 Å². The van der Waals surface area contributed by atoms with Crippen molar-refractivity contribution in [1.82, 2.24) is 9.34 Å². The second-order valence-electron chi connectivity index (χ2n) is 8.97. The summed E-state index contributed by atoms with van der Waals surface area (Å²) in [4.78, 5) is 11.6. The summed E-state index contributed by atoms with van der Waals surface area (Å²) >= 11 is 0. The Morgan fingerprint density at radius 1 is 1.03 bits per heavy atom. The summed E-state index contributed by atoms with van der Waals surface area (Å²) in [6.45, 7) is 4.67. The molecular formula is C26H30N3O2P. The zero-order valence-corrected chi connectivity index (χ0v) is 19.3. The Morgan fingerprint density at radius 2 is 1.75 bits per heavy atom. The van der Waals surface area contributed by atoms with E-state index in [1.54, 1.807) is 6.07 Å². The first-order valence-corrected chi connectivity index (χ1v) is 13.5. The molecule has 0 aromatic heterocycles. The van der Waals surface area contributed by atoms with E-state index in [2.05, 4.69) is 58.1 Å². The van der Waals surface area contributed by atoms with Gasteiger partial charge < -0.3 is 0 Å². The van der Waals surface area contributed by atoms with E-state index in [9.17, 15) is 10.1 Å². The topological polar surface area (TPSA) is 49.2 Å². The highest BCUT2D eigenvalue weighted by molar-refractivity contribution is 7.69. The van der Waals surface area contributed by atoms with Crippen molar-refractivity contribution in [3.63, 3.8) is 0 Å². The first kappa shape index (κ1) is 21.4. The third-order valence-electron chi connectivity index (χ3n) is 6.77. The first-order chi connectivity index (χ1) is 15.5. The largest absolute Gasteiger partial charge is 0.272 e. The highest BCUT2D eigenvalue weighted by Crippen LogP contribution is 2.59. The highest BCUT2D eigenvalue weighted by atomic mass is 31.2. The quantitative estimate of drug-likeness (QED) is 0.224. The van der Waals surface area contributed by atoms with Crippen molar-refractivity contribution in [1.29, 1.82) is 0 Å². The third-order valence-corrected chi connectivity index (χ3v) is 10.6. The number of rotatable bonds is 9. The molecule has 2 fully saturated rings. The molecule has 2 saturated heterocycles. The molecular weight excluding hydrogens is 417 g/mol. The van der Waals surface area contributed by atoms with Crippen LogP contribution in [0.3, 0.4) is 0 Å². The number of nitro benzene ring substituents is 1. The summed E-state index contributed by atoms with van der Waals surface area (Å²) in [5.41, 5.74) is 5.93. The van der Waals surface area contributed by atoms with Crippen LogP contribution >= 0.6 is 7.19 Å². The maximum atomic E-state index is 11.8. The minimum atomic E-state index is -1.42. The number of benzene rings is 2. The number of allylic oxidation sites excluding steroid dienone is 4. The standard InChI is InChI=1S/C26H30N3O2P/c1-32(27-14-15-27,28-16-17-28)18-13-21-11-12-26(29(30)31)24(19-21)20-23-9-5-6-10-25(23)22-7-3-2-4-8-22/h2-5,7-9,11-12,19H,1,6,10,13-18,20H2. The number of nitro groups is 1. The van der Waals surface area contributed by atoms with E-state index in [1.165, 1.54) is 48.5 Å². The van der Waals surface area contributed by atoms with E-state index < -0.39 is 7.19 Å². The number of nitrogens with zero attached hydrogens (tertiary/aromatic N) is 3. The molecule has 166 valence electrons. The lowest BCUT2D eigenvalue weighted by atomic mass is 9.88. The smallest absolute Gasteiger partial charge is 0.270 e. The van der Waals surface area contributed by atoms with Gasteiger partial charge in [0.05, 0.1) is 4.92 Å². The van der Waals surface area contributed by atoms with E-state index in [-0.39, 0.29) is 10.6 Å². The van der Waals surface area contributed by atoms with Crippen molar-refractivity contribution in [2.45, 2.75) is 25.7 Å². The lowest BCUT2D eigenvalue weighted by Gasteiger charge is -2.27. The second kappa shape index (κ2) is 8.82. The molecule has 1 aliphatic carbocycles. The van der Waals surface area contributed by atoms with Crippen molar-refractivity contribution >= 4 is 24.7 Å². The van der Waals surface area contributed by atoms with E-state index in [0.29, 0.717) is 6.42 Å². The number of hydrogen-bond donors (Lipinski definition) is 0. The van der Waals surface area contributed by atoms with Gasteiger partial charge in [0.1, 0.15) is 0 Å². The summed E-state index contributed by atoms with van der Waals surface area (Å²) < 4.78 is 5.08. The fourth-order valence-corrected chi connectivity index (χ4v) is 7.98. The minimum absolute atomic E-state index is 0.222. The molecule has 5 rings (SSSR count). The van der Waals surface area contributed by atoms with Gasteiger partial charge in [-0.25, -0.2) is 0 Å². The lowest BCUT2D eigenvalue weighted by Crippen LogP contribution is -2.10. The zero-order valence-electron chi connectivity index (χ0n) is 18.4. The van der Waals surface area contributed by atoms with Crippen molar-refractivity contribution in [3.05, 3.63) is 93.1 Å². The molecule has 0 radical (unpaired) electrons. The van der Waals surface area contributed by atoms with Crippen LogP contribution in [0.15, 0.2) is 66.3 Å². The summed E-state index contributed by atoms with van der Waals surface area (Å²) in [6, 6.07) is 16.1. The SMILES string of the molecule is C=P(CCc1ccc([N+](=O)[O-])c(CC2=C(c3ccccc3)CCC=C2)c1)(N1CC1)N1CC1. The number of aryl methyl sites for hydroxylation is 1. The first-order valence-electron chi connectivity index (χ1n) is 11.5. The van der Waals surface area contributed by atoms with Gasteiger partial charge in [-0.3, -0.25) is 19.5 Å². The Balaban J connectivity index is 1.42. The van der Waals surface area contributed by atoms with Crippen LogP contribution in [0.25, 0.3) is 5.57 Å². The van der Waals surface area contributed by atoms with Gasteiger partial charge in [0, 0.05) is 51.4 Å². The molecule has 32 heavy (non-hydrogen) atoms. The molecule has 0 spiro atoms. The molecule has 0 unspecified atom stereocenters. The predicted molar refractivity (Wildman–Crippen MR) is 134 cm³/mol. The molecule has 0 bridgehead atoms. The van der Waals surface area contributed by atoms with E-state index in [1.807, 2.05) is 12.1 Å². The van der Waals surface area contributed by atoms with E-state index in [0.717, 1.165) is 31.0 Å². The maximum absolute atomic E-state index is 11.8. The zero-order chi connectivity index (χ0) is 22.1. The van der Waals surface area contributed by atoms with Crippen LogP contribution in [-0.4, -0.2) is 52.9 Å². The molecule has 5 nitrogen and oxygen atoms in total. The van der Waals surface area contributed by atoms with Crippen LogP contribution in [0.4, 0.5) is 5.69 Å². The molecule has 0 amide bonds. The van der Waals surface area contributed by atoms with Gasteiger partial charge in [-0.05, 0) is 53.8 Å². The molecule has 3 aliphatic rings. The molecule has 0 saturated carbocycles. The fourth-order valence-electron chi connectivity index (χ4n) is 4.77. The Kier molecular flexibility index (Phi) is 5.90. The highest BCUT2D eigenvalue weighted by Gasteiger charge is 2.40. The summed E-state index contributed by atoms with van der Waals surface area (Å²) in [5, 5.41) is 11.8. The Labute approximate surface area is 190 Å². The minimum Gasteiger partial charge on any atom is -0.270 e. The number of hydrogen-bond acceptors (Lipinski definition) is 4. The Hall–Kier alpha value is -2.46. The van der Waals surface area contributed by atoms with Gasteiger partial charge in [0.15, 0.2) is 0 Å². The lowest BCUT2D eigenvalue weighted by molar-refractivity contribution is -0.385. The summed E-state index contributed by atoms with van der Waals surface area (Å²) in [6.07, 6.45) is 13.6. The monoisotopic (exact) mass is 447 g/mol. The maximum Gasteiger partial charge on any atom is 0.272 e. The average Bonchev–Trinajstić information content (AvgIpc) is 3.71. The van der Waals surface area contributed by atoms with Gasteiger partial charge in [-0.2, -0.15) is 0 Å². The summed E-state index contributed by atoms with van der Waals surface area (Å²) in [5.74, 6) is 0. The second-order valence-corrected chi connectivity index (χ2v) is 12.3. The van der Waals surface area contributed by atoms with Crippen molar-refractivity contribution < 1.29 is 4.92 Å². The van der Waals surface area contributed by atoms with E-state index in [4.69, 9.17) is 0 Å². The van der Waals surface area contributed by atoms with Gasteiger partial charge in [-0.15, -0.1) is 0 Å². The van der Waals surface area contributed by atoms with Crippen LogP contribution in [-0.2, 0) is 12.8 Å². The van der Waals surface area contributed by atoms with Crippen molar-refractivity contribution in [2.24, 2.45) is 0 Å².